The van der Waals surface area contributed by atoms with Crippen molar-refractivity contribution >= 4 is 86.8 Å². The number of aliphatic hydroxyl groups is 8. The van der Waals surface area contributed by atoms with Crippen molar-refractivity contribution in [2.75, 3.05) is 52.9 Å². The molecule has 0 spiro atoms. The maximum absolute atomic E-state index is 10.6. The van der Waals surface area contributed by atoms with E-state index in [1.54, 1.807) is 0 Å². The van der Waals surface area contributed by atoms with E-state index in [-0.39, 0.29) is 160 Å². The fraction of sp³-hybridized carbons (Fsp3) is 0.584. The summed E-state index contributed by atoms with van der Waals surface area (Å²) in [4.78, 5) is 40.1. The van der Waals surface area contributed by atoms with Gasteiger partial charge in [0.2, 0.25) is 0 Å². The highest BCUT2D eigenvalue weighted by Crippen LogP contribution is 2.58. The van der Waals surface area contributed by atoms with Gasteiger partial charge in [0.05, 0.1) is 101 Å². The van der Waals surface area contributed by atoms with Crippen molar-refractivity contribution in [1.29, 1.82) is 0 Å². The average molecular weight is 1340 g/mol. The average Bonchev–Trinajstić information content (AvgIpc) is 1.75. The molecule has 0 heterocycles. The number of rotatable bonds is 38. The van der Waals surface area contributed by atoms with Crippen LogP contribution in [0.1, 0.15) is 175 Å². The zero-order valence-electron chi connectivity index (χ0n) is 59.8. The number of benzene rings is 4. The molecular weight excluding hydrogens is 1230 g/mol. The first kappa shape index (κ1) is 80.5. The monoisotopic (exact) mass is 1340 g/mol. The first-order valence-corrected chi connectivity index (χ1v) is 37.5. The van der Waals surface area contributed by atoms with Crippen LogP contribution >= 0.6 is 15.8 Å². The number of hydrogen-bond donors (Lipinski definition) is 8. The van der Waals surface area contributed by atoms with Crippen molar-refractivity contribution in [1.82, 2.24) is 0 Å². The molecule has 1 fully saturated rings. The minimum absolute atomic E-state index is 0.0174. The molecule has 16 nitrogen and oxygen atoms in total. The number of nitrogens with zero attached hydrogens (tertiary/aromatic N) is 8. The zero-order chi connectivity index (χ0) is 70.1. The predicted molar refractivity (Wildman–Crippen MR) is 406 cm³/mol. The van der Waals surface area contributed by atoms with E-state index in [0.29, 0.717) is 0 Å². The standard InChI is InChI=1S/C77H116N8O8P2/c1-48(2)68(40-86)78-32-56-20-57(33-79-69(41-87)49(3)4)25-64(24-56)94(65-26-58(34-80-70(42-88)50(5)6)21-59(27-65)35-81-71(43-89)51(7)8)76-18-17-19-77(76)95(66-28-60(36-82-72(44-90)52(9)10)22-61(29-66)37-83-73(45-91)53(11)12)67-30-62(38-84-74(46-92)54(13)14)23-63(31-67)39-85-75(47-93)55(15)16/h20-39,48-55,68-77,86-93H,17-19,40-47H2,1-16H3/t68-,69-,70-,71-,72-,73-,74-,75-,76+,77+,94?,95?/m1/s1. The normalized spacial score (nSPS) is 18.7. The first-order valence-electron chi connectivity index (χ1n) is 34.6. The molecule has 0 aliphatic heterocycles. The lowest BCUT2D eigenvalue weighted by molar-refractivity contribution is 0.240. The maximum atomic E-state index is 10.6. The van der Waals surface area contributed by atoms with Crippen LogP contribution in [-0.4, -0.2) is 203 Å². The summed E-state index contributed by atoms with van der Waals surface area (Å²) in [6, 6.07) is 23.5. The van der Waals surface area contributed by atoms with E-state index in [0.717, 1.165) is 85.0 Å². The van der Waals surface area contributed by atoms with Gasteiger partial charge in [-0.3, -0.25) is 39.9 Å². The van der Waals surface area contributed by atoms with E-state index in [4.69, 9.17) is 39.9 Å². The zero-order valence-corrected chi connectivity index (χ0v) is 61.6. The molecule has 18 heteroatoms. The summed E-state index contributed by atoms with van der Waals surface area (Å²) in [6.45, 7) is 31.9. The molecule has 0 radical (unpaired) electrons. The van der Waals surface area contributed by atoms with Gasteiger partial charge in [-0.1, -0.05) is 117 Å². The second kappa shape index (κ2) is 40.6. The highest BCUT2D eigenvalue weighted by atomic mass is 31.1. The molecule has 1 saturated carbocycles. The van der Waals surface area contributed by atoms with Crippen molar-refractivity contribution in [3.05, 3.63) is 117 Å². The molecule has 0 saturated heterocycles. The fourth-order valence-electron chi connectivity index (χ4n) is 11.3. The molecule has 522 valence electrons. The lowest BCUT2D eigenvalue weighted by Crippen LogP contribution is -2.33. The molecule has 5 rings (SSSR count). The van der Waals surface area contributed by atoms with Crippen LogP contribution in [0.25, 0.3) is 0 Å². The molecule has 4 aromatic carbocycles. The molecular formula is C77H116N8O8P2. The Hall–Kier alpha value is -5.22. The molecule has 0 unspecified atom stereocenters. The van der Waals surface area contributed by atoms with E-state index in [2.05, 4.69) is 184 Å². The molecule has 0 amide bonds. The van der Waals surface area contributed by atoms with Gasteiger partial charge in [-0.2, -0.15) is 0 Å². The van der Waals surface area contributed by atoms with Gasteiger partial charge < -0.3 is 40.9 Å². The molecule has 4 aromatic rings. The summed E-state index contributed by atoms with van der Waals surface area (Å²) in [5.74, 6) is 0.574. The molecule has 0 aromatic heterocycles. The summed E-state index contributed by atoms with van der Waals surface area (Å²) in [6.07, 6.45) is 17.6. The Morgan fingerprint density at radius 2 is 0.400 bits per heavy atom. The van der Waals surface area contributed by atoms with Crippen molar-refractivity contribution in [2.45, 2.75) is 190 Å². The fourth-order valence-corrected chi connectivity index (χ4v) is 18.4. The van der Waals surface area contributed by atoms with Gasteiger partial charge in [-0.05, 0) is 226 Å². The Morgan fingerprint density at radius 1 is 0.263 bits per heavy atom. The van der Waals surface area contributed by atoms with Crippen molar-refractivity contribution in [3.8, 4) is 0 Å². The molecule has 95 heavy (non-hydrogen) atoms. The number of aliphatic hydroxyl groups excluding tert-OH is 8. The predicted octanol–water partition coefficient (Wildman–Crippen LogP) is 9.66. The summed E-state index contributed by atoms with van der Waals surface area (Å²) in [7, 11) is -2.83. The van der Waals surface area contributed by atoms with Gasteiger partial charge in [0.25, 0.3) is 0 Å². The van der Waals surface area contributed by atoms with Crippen molar-refractivity contribution in [3.63, 3.8) is 0 Å². The lowest BCUT2D eigenvalue weighted by atomic mass is 10.1. The highest BCUT2D eigenvalue weighted by molar-refractivity contribution is 7.77. The quantitative estimate of drug-likeness (QED) is 0.0158. The van der Waals surface area contributed by atoms with Gasteiger partial charge in [0, 0.05) is 49.7 Å². The van der Waals surface area contributed by atoms with Crippen LogP contribution in [-0.2, 0) is 0 Å². The summed E-state index contributed by atoms with van der Waals surface area (Å²) in [5.41, 5.74) is 6.67. The molecule has 1 aliphatic rings. The SMILES string of the molecule is CC(C)[C@@H](CO)N=Cc1cc(C=N[C@H](CO)C(C)C)cc(P(c2cc(C=N[C@H](CO)C(C)C)cc(C=N[C@H](CO)C(C)C)c2)[C@H]2CCC[C@@H]2P(c2cc(C=N[C@H](CO)C(C)C)cc(C=N[C@H](CO)C(C)C)c2)c2cc(C=N[C@H](CO)C(C)C)cc(C=N[C@H](CO)C(C)C)c2)c1. The Labute approximate surface area is 571 Å². The molecule has 0 bridgehead atoms. The van der Waals surface area contributed by atoms with Gasteiger partial charge in [-0.25, -0.2) is 0 Å². The van der Waals surface area contributed by atoms with E-state index in [1.807, 2.05) is 49.7 Å². The van der Waals surface area contributed by atoms with E-state index < -0.39 is 15.8 Å². The third-order valence-electron chi connectivity index (χ3n) is 18.0. The summed E-state index contributed by atoms with van der Waals surface area (Å²) < 4.78 is 0. The minimum Gasteiger partial charge on any atom is -0.394 e. The highest BCUT2D eigenvalue weighted by Gasteiger charge is 2.42. The smallest absolute Gasteiger partial charge is 0.0753 e. The topological polar surface area (TPSA) is 261 Å². The molecule has 1 aliphatic carbocycles. The van der Waals surface area contributed by atoms with E-state index >= 15 is 0 Å². The van der Waals surface area contributed by atoms with E-state index in [1.165, 1.54) is 0 Å². The Bertz CT molecular complexity index is 2630. The van der Waals surface area contributed by atoms with Crippen LogP contribution in [0, 0.1) is 47.3 Å². The van der Waals surface area contributed by atoms with Gasteiger partial charge in [-0.15, -0.1) is 0 Å². The summed E-state index contributed by atoms with van der Waals surface area (Å²) >= 11 is 0. The van der Waals surface area contributed by atoms with Crippen LogP contribution in [0.15, 0.2) is 113 Å². The van der Waals surface area contributed by atoms with Crippen LogP contribution in [0.2, 0.25) is 0 Å². The molecule has 8 N–H and O–H groups in total. The second-order valence-corrected chi connectivity index (χ2v) is 33.3. The summed E-state index contributed by atoms with van der Waals surface area (Å²) in [5, 5.41) is 89.1. The number of aliphatic imine (C=N–C) groups is 8. The number of hydrogen-bond acceptors (Lipinski definition) is 16. The largest absolute Gasteiger partial charge is 0.394 e. The van der Waals surface area contributed by atoms with Gasteiger partial charge in [0.15, 0.2) is 0 Å². The Balaban J connectivity index is 2.09. The third-order valence-corrected chi connectivity index (χ3v) is 24.1. The van der Waals surface area contributed by atoms with Crippen LogP contribution < -0.4 is 21.2 Å². The maximum Gasteiger partial charge on any atom is 0.0753 e. The van der Waals surface area contributed by atoms with Crippen molar-refractivity contribution in [2.24, 2.45) is 87.3 Å². The van der Waals surface area contributed by atoms with E-state index in [9.17, 15) is 40.9 Å². The van der Waals surface area contributed by atoms with Gasteiger partial charge >= 0.3 is 0 Å². The van der Waals surface area contributed by atoms with Crippen molar-refractivity contribution < 1.29 is 40.9 Å². The first-order chi connectivity index (χ1) is 45.3. The van der Waals surface area contributed by atoms with Crippen LogP contribution in [0.5, 0.6) is 0 Å². The van der Waals surface area contributed by atoms with Gasteiger partial charge in [0.1, 0.15) is 0 Å². The Kier molecular flexibility index (Phi) is 34.4. The Morgan fingerprint density at radius 3 is 0.516 bits per heavy atom. The van der Waals surface area contributed by atoms with Crippen LogP contribution in [0.4, 0.5) is 0 Å². The van der Waals surface area contributed by atoms with Crippen LogP contribution in [0.3, 0.4) is 0 Å². The lowest BCUT2D eigenvalue weighted by Gasteiger charge is -2.36. The minimum atomic E-state index is -1.41. The second-order valence-electron chi connectivity index (χ2n) is 28.4. The molecule has 10 atom stereocenters. The third kappa shape index (κ3) is 24.6.